The third-order valence-electron chi connectivity index (χ3n) is 2.15. The van der Waals surface area contributed by atoms with Crippen molar-refractivity contribution in [2.45, 2.75) is 13.0 Å². The fourth-order valence-corrected chi connectivity index (χ4v) is 1.24. The lowest BCUT2D eigenvalue weighted by Crippen LogP contribution is -2.44. The van der Waals surface area contributed by atoms with Crippen LogP contribution in [0.3, 0.4) is 0 Å². The maximum absolute atomic E-state index is 12.5. The van der Waals surface area contributed by atoms with Crippen molar-refractivity contribution in [1.29, 1.82) is 0 Å². The van der Waals surface area contributed by atoms with Gasteiger partial charge >= 0.3 is 0 Å². The zero-order chi connectivity index (χ0) is 13.0. The van der Waals surface area contributed by atoms with Gasteiger partial charge in [0.2, 0.25) is 11.9 Å². The quantitative estimate of drug-likeness (QED) is 0.778. The molecule has 0 radical (unpaired) electrons. The molecule has 0 aromatic carbocycles. The van der Waals surface area contributed by atoms with Crippen LogP contribution >= 0.6 is 0 Å². The molecule has 6 heteroatoms. The SMILES string of the molecule is CC(NC(=O)c1ccc(F)nc1)C(=O)N(C)C. The van der Waals surface area contributed by atoms with E-state index in [0.717, 1.165) is 12.3 Å². The van der Waals surface area contributed by atoms with E-state index in [2.05, 4.69) is 10.3 Å². The molecule has 0 aliphatic rings. The molecular weight excluding hydrogens is 225 g/mol. The van der Waals surface area contributed by atoms with Crippen LogP contribution in [0.1, 0.15) is 17.3 Å². The summed E-state index contributed by atoms with van der Waals surface area (Å²) in [6, 6.07) is 1.76. The number of carbonyl (C=O) groups excluding carboxylic acids is 2. The number of pyridine rings is 1. The number of amides is 2. The standard InChI is InChI=1S/C11H14FN3O2/c1-7(11(17)15(2)3)14-10(16)8-4-5-9(12)13-6-8/h4-7H,1-3H3,(H,14,16). The Hall–Kier alpha value is -1.98. The van der Waals surface area contributed by atoms with E-state index in [-0.39, 0.29) is 11.5 Å². The highest BCUT2D eigenvalue weighted by Gasteiger charge is 2.18. The summed E-state index contributed by atoms with van der Waals surface area (Å²) in [7, 11) is 3.20. The van der Waals surface area contributed by atoms with Gasteiger partial charge in [-0.3, -0.25) is 9.59 Å². The molecule has 92 valence electrons. The zero-order valence-electron chi connectivity index (χ0n) is 9.90. The molecule has 0 spiro atoms. The van der Waals surface area contributed by atoms with Gasteiger partial charge in [0.15, 0.2) is 0 Å². The van der Waals surface area contributed by atoms with E-state index in [1.807, 2.05) is 0 Å². The van der Waals surface area contributed by atoms with Gasteiger partial charge in [0.25, 0.3) is 5.91 Å². The highest BCUT2D eigenvalue weighted by Crippen LogP contribution is 2.00. The Labute approximate surface area is 98.6 Å². The third-order valence-corrected chi connectivity index (χ3v) is 2.15. The van der Waals surface area contributed by atoms with E-state index in [1.165, 1.54) is 11.0 Å². The van der Waals surface area contributed by atoms with Crippen LogP contribution in [0.2, 0.25) is 0 Å². The number of nitrogens with zero attached hydrogens (tertiary/aromatic N) is 2. The van der Waals surface area contributed by atoms with Gasteiger partial charge in [-0.1, -0.05) is 0 Å². The summed E-state index contributed by atoms with van der Waals surface area (Å²) in [6.07, 6.45) is 1.12. The maximum Gasteiger partial charge on any atom is 0.253 e. The Balaban J connectivity index is 2.66. The molecule has 0 aliphatic heterocycles. The van der Waals surface area contributed by atoms with Gasteiger partial charge in [-0.2, -0.15) is 4.39 Å². The number of carbonyl (C=O) groups is 2. The van der Waals surface area contributed by atoms with E-state index < -0.39 is 17.9 Å². The predicted molar refractivity (Wildman–Crippen MR) is 59.8 cm³/mol. The van der Waals surface area contributed by atoms with Gasteiger partial charge in [-0.05, 0) is 19.1 Å². The van der Waals surface area contributed by atoms with Crippen LogP contribution in [0.4, 0.5) is 4.39 Å². The first-order valence-electron chi connectivity index (χ1n) is 5.05. The van der Waals surface area contributed by atoms with Gasteiger partial charge in [0.05, 0.1) is 5.56 Å². The number of likely N-dealkylation sites (N-methyl/N-ethyl adjacent to an activating group) is 1. The van der Waals surface area contributed by atoms with Crippen LogP contribution in [-0.2, 0) is 4.79 Å². The van der Waals surface area contributed by atoms with Crippen LogP contribution in [0.15, 0.2) is 18.3 Å². The van der Waals surface area contributed by atoms with Crippen LogP contribution in [0.25, 0.3) is 0 Å². The van der Waals surface area contributed by atoms with Gasteiger partial charge in [0.1, 0.15) is 6.04 Å². The van der Waals surface area contributed by atoms with Crippen molar-refractivity contribution in [1.82, 2.24) is 15.2 Å². The predicted octanol–water partition coefficient (Wildman–Crippen LogP) is 0.427. The Morgan fingerprint density at radius 2 is 2.06 bits per heavy atom. The van der Waals surface area contributed by atoms with Crippen molar-refractivity contribution in [2.24, 2.45) is 0 Å². The summed E-state index contributed by atoms with van der Waals surface area (Å²) in [6.45, 7) is 1.58. The summed E-state index contributed by atoms with van der Waals surface area (Å²) >= 11 is 0. The summed E-state index contributed by atoms with van der Waals surface area (Å²) in [5.41, 5.74) is 0.213. The number of nitrogens with one attached hydrogen (secondary N) is 1. The average Bonchev–Trinajstić information content (AvgIpc) is 2.28. The van der Waals surface area contributed by atoms with Crippen molar-refractivity contribution < 1.29 is 14.0 Å². The van der Waals surface area contributed by atoms with Gasteiger partial charge in [-0.25, -0.2) is 4.98 Å². The molecule has 0 saturated heterocycles. The van der Waals surface area contributed by atoms with Gasteiger partial charge < -0.3 is 10.2 Å². The number of halogens is 1. The monoisotopic (exact) mass is 239 g/mol. The lowest BCUT2D eigenvalue weighted by atomic mass is 10.2. The molecule has 1 rings (SSSR count). The molecule has 1 aromatic heterocycles. The van der Waals surface area contributed by atoms with Crippen LogP contribution in [-0.4, -0.2) is 41.8 Å². The highest BCUT2D eigenvalue weighted by atomic mass is 19.1. The van der Waals surface area contributed by atoms with Crippen LogP contribution in [0.5, 0.6) is 0 Å². The first kappa shape index (κ1) is 13.1. The third kappa shape index (κ3) is 3.51. The van der Waals surface area contributed by atoms with Crippen LogP contribution < -0.4 is 5.32 Å². The Bertz CT molecular complexity index is 417. The fourth-order valence-electron chi connectivity index (χ4n) is 1.24. The average molecular weight is 239 g/mol. The van der Waals surface area contributed by atoms with Crippen molar-refractivity contribution in [2.75, 3.05) is 14.1 Å². The molecule has 5 nitrogen and oxygen atoms in total. The summed E-state index contributed by atoms with van der Waals surface area (Å²) in [4.78, 5) is 27.9. The molecule has 1 atom stereocenters. The summed E-state index contributed by atoms with van der Waals surface area (Å²) < 4.78 is 12.5. The summed E-state index contributed by atoms with van der Waals surface area (Å²) in [5.74, 6) is -1.33. The second-order valence-corrected chi connectivity index (χ2v) is 3.80. The van der Waals surface area contributed by atoms with E-state index in [1.54, 1.807) is 21.0 Å². The van der Waals surface area contributed by atoms with E-state index >= 15 is 0 Å². The maximum atomic E-state index is 12.5. The lowest BCUT2D eigenvalue weighted by molar-refractivity contribution is -0.130. The Morgan fingerprint density at radius 3 is 2.53 bits per heavy atom. The van der Waals surface area contributed by atoms with Crippen molar-refractivity contribution in [3.63, 3.8) is 0 Å². The second-order valence-electron chi connectivity index (χ2n) is 3.80. The topological polar surface area (TPSA) is 62.3 Å². The number of hydrogen-bond donors (Lipinski definition) is 1. The molecule has 1 heterocycles. The molecule has 0 aliphatic carbocycles. The molecule has 1 N–H and O–H groups in total. The summed E-state index contributed by atoms with van der Waals surface area (Å²) in [5, 5.41) is 2.50. The van der Waals surface area contributed by atoms with E-state index in [4.69, 9.17) is 0 Å². The first-order valence-corrected chi connectivity index (χ1v) is 5.05. The molecule has 2 amide bonds. The molecular formula is C11H14FN3O2. The Kier molecular flexibility index (Phi) is 4.14. The van der Waals surface area contributed by atoms with Gasteiger partial charge in [0, 0.05) is 20.3 Å². The molecule has 1 aromatic rings. The van der Waals surface area contributed by atoms with E-state index in [0.29, 0.717) is 0 Å². The minimum Gasteiger partial charge on any atom is -0.347 e. The number of rotatable bonds is 3. The largest absolute Gasteiger partial charge is 0.347 e. The molecule has 0 saturated carbocycles. The minimum atomic E-state index is -0.654. The zero-order valence-corrected chi connectivity index (χ0v) is 9.90. The Morgan fingerprint density at radius 1 is 1.41 bits per heavy atom. The highest BCUT2D eigenvalue weighted by molar-refractivity contribution is 5.97. The minimum absolute atomic E-state index is 0.213. The van der Waals surface area contributed by atoms with Crippen molar-refractivity contribution in [3.8, 4) is 0 Å². The van der Waals surface area contributed by atoms with Crippen molar-refractivity contribution in [3.05, 3.63) is 29.8 Å². The van der Waals surface area contributed by atoms with Crippen LogP contribution in [0, 0.1) is 5.95 Å². The van der Waals surface area contributed by atoms with Gasteiger partial charge in [-0.15, -0.1) is 0 Å². The molecule has 0 fully saturated rings. The second kappa shape index (κ2) is 5.38. The number of hydrogen-bond acceptors (Lipinski definition) is 3. The van der Waals surface area contributed by atoms with E-state index in [9.17, 15) is 14.0 Å². The smallest absolute Gasteiger partial charge is 0.253 e. The lowest BCUT2D eigenvalue weighted by Gasteiger charge is -2.17. The molecule has 0 bridgehead atoms. The normalized spacial score (nSPS) is 11.8. The van der Waals surface area contributed by atoms with Crippen molar-refractivity contribution >= 4 is 11.8 Å². The molecule has 1 unspecified atom stereocenters. The molecule has 17 heavy (non-hydrogen) atoms. The fraction of sp³-hybridized carbons (Fsp3) is 0.364. The number of aromatic nitrogens is 1. The first-order chi connectivity index (χ1) is 7.91.